The summed E-state index contributed by atoms with van der Waals surface area (Å²) in [5, 5.41) is 9.40. The van der Waals surface area contributed by atoms with Gasteiger partial charge in [0.1, 0.15) is 5.01 Å². The second kappa shape index (κ2) is 10.7. The van der Waals surface area contributed by atoms with E-state index >= 15 is 0 Å². The summed E-state index contributed by atoms with van der Waals surface area (Å²) in [5.74, 6) is 0.00589. The molecule has 0 unspecified atom stereocenters. The Kier molecular flexibility index (Phi) is 7.52. The number of benzene rings is 2. The van der Waals surface area contributed by atoms with E-state index in [1.807, 2.05) is 23.6 Å². The second-order valence-corrected chi connectivity index (χ2v) is 9.27. The number of rotatable bonds is 7. The molecule has 0 radical (unpaired) electrons. The number of hydrogen-bond donors (Lipinski definition) is 2. The van der Waals surface area contributed by atoms with Crippen molar-refractivity contribution in [1.82, 2.24) is 15.2 Å². The zero-order valence-corrected chi connectivity index (χ0v) is 19.2. The maximum Gasteiger partial charge on any atom is 0.255 e. The van der Waals surface area contributed by atoms with E-state index in [-0.39, 0.29) is 17.7 Å². The van der Waals surface area contributed by atoms with Crippen LogP contribution >= 0.6 is 22.9 Å². The third kappa shape index (κ3) is 6.16. The molecule has 2 amide bonds. The first-order valence-electron chi connectivity index (χ1n) is 10.6. The minimum Gasteiger partial charge on any atom is -0.349 e. The summed E-state index contributed by atoms with van der Waals surface area (Å²) in [6.45, 7) is 3.04. The maximum absolute atomic E-state index is 12.4. The summed E-state index contributed by atoms with van der Waals surface area (Å²) in [5.41, 5.74) is 2.46. The predicted molar refractivity (Wildman–Crippen MR) is 128 cm³/mol. The third-order valence-electron chi connectivity index (χ3n) is 5.55. The van der Waals surface area contributed by atoms with Crippen LogP contribution in [0, 0.1) is 5.92 Å². The van der Waals surface area contributed by atoms with Crippen LogP contribution in [-0.2, 0) is 17.9 Å². The highest BCUT2D eigenvalue weighted by molar-refractivity contribution is 7.09. The molecule has 6 nitrogen and oxygen atoms in total. The van der Waals surface area contributed by atoms with Crippen LogP contribution in [0.15, 0.2) is 60.1 Å². The molecule has 0 bridgehead atoms. The highest BCUT2D eigenvalue weighted by atomic mass is 35.5. The average Bonchev–Trinajstić information content (AvgIpc) is 3.32. The topological polar surface area (TPSA) is 74.3 Å². The fraction of sp³-hybridized carbons (Fsp3) is 0.292. The van der Waals surface area contributed by atoms with E-state index < -0.39 is 0 Å². The molecule has 0 aliphatic carbocycles. The summed E-state index contributed by atoms with van der Waals surface area (Å²) >= 11 is 7.44. The molecule has 1 saturated heterocycles. The van der Waals surface area contributed by atoms with Crippen LogP contribution in [0.2, 0.25) is 5.02 Å². The lowest BCUT2D eigenvalue weighted by Crippen LogP contribution is -2.40. The largest absolute Gasteiger partial charge is 0.349 e. The summed E-state index contributed by atoms with van der Waals surface area (Å²) in [6.07, 6.45) is 3.44. The molecule has 4 rings (SSSR count). The van der Waals surface area contributed by atoms with Gasteiger partial charge < -0.3 is 10.6 Å². The first-order valence-corrected chi connectivity index (χ1v) is 11.9. The highest BCUT2D eigenvalue weighted by Crippen LogP contribution is 2.21. The van der Waals surface area contributed by atoms with E-state index in [4.69, 9.17) is 11.6 Å². The Morgan fingerprint density at radius 3 is 2.62 bits per heavy atom. The van der Waals surface area contributed by atoms with Crippen molar-refractivity contribution in [2.24, 2.45) is 5.92 Å². The first-order chi connectivity index (χ1) is 15.6. The van der Waals surface area contributed by atoms with Crippen molar-refractivity contribution in [3.63, 3.8) is 0 Å². The van der Waals surface area contributed by atoms with E-state index in [1.165, 1.54) is 0 Å². The lowest BCUT2D eigenvalue weighted by molar-refractivity contribution is -0.126. The predicted octanol–water partition coefficient (Wildman–Crippen LogP) is 4.58. The van der Waals surface area contributed by atoms with Gasteiger partial charge in [-0.05, 0) is 67.9 Å². The van der Waals surface area contributed by atoms with Crippen LogP contribution < -0.4 is 10.6 Å². The second-order valence-electron chi connectivity index (χ2n) is 7.86. The van der Waals surface area contributed by atoms with Gasteiger partial charge in [0.2, 0.25) is 5.91 Å². The summed E-state index contributed by atoms with van der Waals surface area (Å²) in [4.78, 5) is 31.4. The van der Waals surface area contributed by atoms with Gasteiger partial charge in [-0.3, -0.25) is 14.5 Å². The molecule has 2 heterocycles. The van der Waals surface area contributed by atoms with Crippen LogP contribution in [0.3, 0.4) is 0 Å². The molecule has 32 heavy (non-hydrogen) atoms. The molecule has 2 aromatic carbocycles. The Bertz CT molecular complexity index is 1050. The quantitative estimate of drug-likeness (QED) is 0.532. The van der Waals surface area contributed by atoms with Crippen LogP contribution in [0.5, 0.6) is 0 Å². The standard InChI is InChI=1S/C24H25ClN4O2S/c25-20-6-4-18(5-7-20)24(31)28-21-3-1-2-17(14-21)16-29-11-8-19(9-12-29)23(30)27-15-22-26-10-13-32-22/h1-7,10,13-14,19H,8-9,11-12,15-16H2,(H,27,30)(H,28,31). The molecule has 2 N–H and O–H groups in total. The van der Waals surface area contributed by atoms with Crippen molar-refractivity contribution in [2.75, 3.05) is 18.4 Å². The van der Waals surface area contributed by atoms with E-state index in [1.54, 1.807) is 41.8 Å². The van der Waals surface area contributed by atoms with Gasteiger partial charge in [0, 0.05) is 40.3 Å². The fourth-order valence-corrected chi connectivity index (χ4v) is 4.49. The minimum atomic E-state index is -0.164. The molecule has 1 aliphatic rings. The maximum atomic E-state index is 12.4. The van der Waals surface area contributed by atoms with Gasteiger partial charge in [0.15, 0.2) is 0 Å². The molecular weight excluding hydrogens is 444 g/mol. The van der Waals surface area contributed by atoms with Crippen molar-refractivity contribution in [3.05, 3.63) is 81.3 Å². The summed E-state index contributed by atoms with van der Waals surface area (Å²) < 4.78 is 0. The normalized spacial score (nSPS) is 14.8. The molecule has 0 spiro atoms. The third-order valence-corrected chi connectivity index (χ3v) is 6.58. The number of carbonyl (C=O) groups is 2. The monoisotopic (exact) mass is 468 g/mol. The number of likely N-dealkylation sites (tertiary alicyclic amines) is 1. The zero-order valence-electron chi connectivity index (χ0n) is 17.6. The van der Waals surface area contributed by atoms with Crippen molar-refractivity contribution in [2.45, 2.75) is 25.9 Å². The first kappa shape index (κ1) is 22.5. The number of aromatic nitrogens is 1. The van der Waals surface area contributed by atoms with Gasteiger partial charge in [-0.15, -0.1) is 11.3 Å². The van der Waals surface area contributed by atoms with Gasteiger partial charge in [-0.25, -0.2) is 4.98 Å². The lowest BCUT2D eigenvalue weighted by atomic mass is 9.95. The number of anilines is 1. The molecule has 1 aromatic heterocycles. The number of amides is 2. The average molecular weight is 469 g/mol. The zero-order chi connectivity index (χ0) is 22.3. The molecule has 0 atom stereocenters. The number of nitrogens with one attached hydrogen (secondary N) is 2. The van der Waals surface area contributed by atoms with Crippen molar-refractivity contribution in [3.8, 4) is 0 Å². The number of carbonyl (C=O) groups excluding carboxylic acids is 2. The SMILES string of the molecule is O=C(Nc1cccc(CN2CCC(C(=O)NCc3nccs3)CC2)c1)c1ccc(Cl)cc1. The van der Waals surface area contributed by atoms with Crippen molar-refractivity contribution >= 4 is 40.4 Å². The number of piperidine rings is 1. The van der Waals surface area contributed by atoms with Crippen LogP contribution in [0.25, 0.3) is 0 Å². The van der Waals surface area contributed by atoms with E-state index in [2.05, 4.69) is 26.6 Å². The number of nitrogens with zero attached hydrogens (tertiary/aromatic N) is 2. The number of halogens is 1. The van der Waals surface area contributed by atoms with Crippen molar-refractivity contribution in [1.29, 1.82) is 0 Å². The summed E-state index contributed by atoms with van der Waals surface area (Å²) in [7, 11) is 0. The Morgan fingerprint density at radius 2 is 1.91 bits per heavy atom. The van der Waals surface area contributed by atoms with E-state index in [0.717, 1.165) is 48.7 Å². The van der Waals surface area contributed by atoms with E-state index in [9.17, 15) is 9.59 Å². The van der Waals surface area contributed by atoms with Gasteiger partial charge in [0.05, 0.1) is 6.54 Å². The van der Waals surface area contributed by atoms with Crippen LogP contribution in [0.4, 0.5) is 5.69 Å². The highest BCUT2D eigenvalue weighted by Gasteiger charge is 2.25. The molecule has 1 fully saturated rings. The number of thiazole rings is 1. The fourth-order valence-electron chi connectivity index (χ4n) is 3.81. The number of hydrogen-bond acceptors (Lipinski definition) is 5. The Labute approximate surface area is 196 Å². The van der Waals surface area contributed by atoms with Crippen LogP contribution in [-0.4, -0.2) is 34.8 Å². The van der Waals surface area contributed by atoms with Gasteiger partial charge >= 0.3 is 0 Å². The van der Waals surface area contributed by atoms with Gasteiger partial charge in [0.25, 0.3) is 5.91 Å². The van der Waals surface area contributed by atoms with Crippen molar-refractivity contribution < 1.29 is 9.59 Å². The van der Waals surface area contributed by atoms with Crippen LogP contribution in [0.1, 0.15) is 33.8 Å². The molecule has 0 saturated carbocycles. The Balaban J connectivity index is 1.25. The molecular formula is C24H25ClN4O2S. The smallest absolute Gasteiger partial charge is 0.255 e. The lowest BCUT2D eigenvalue weighted by Gasteiger charge is -2.31. The van der Waals surface area contributed by atoms with Gasteiger partial charge in [-0.1, -0.05) is 23.7 Å². The molecule has 8 heteroatoms. The molecule has 166 valence electrons. The Hall–Kier alpha value is -2.74. The Morgan fingerprint density at radius 1 is 1.12 bits per heavy atom. The summed E-state index contributed by atoms with van der Waals surface area (Å²) in [6, 6.07) is 14.7. The van der Waals surface area contributed by atoms with E-state index in [0.29, 0.717) is 17.1 Å². The molecule has 1 aliphatic heterocycles. The molecule has 3 aromatic rings. The minimum absolute atomic E-state index is 0.0520. The van der Waals surface area contributed by atoms with Gasteiger partial charge in [-0.2, -0.15) is 0 Å².